The third-order valence-electron chi connectivity index (χ3n) is 2.73. The molecule has 0 radical (unpaired) electrons. The maximum atomic E-state index is 9.95. The number of hydrogen-bond acceptors (Lipinski definition) is 4. The zero-order chi connectivity index (χ0) is 17.4. The Kier molecular flexibility index (Phi) is 24.8. The number of carbonyl (C=O) groups is 2. The van der Waals surface area contributed by atoms with E-state index in [0.29, 0.717) is 12.8 Å². The molecule has 2 atom stereocenters. The molecule has 0 amide bonds. The Morgan fingerprint density at radius 2 is 1.13 bits per heavy atom. The minimum Gasteiger partial charge on any atom is -0.550 e. The van der Waals surface area contributed by atoms with Crippen molar-refractivity contribution in [2.24, 2.45) is 0 Å². The van der Waals surface area contributed by atoms with Crippen molar-refractivity contribution in [2.45, 2.75) is 62.1 Å². The van der Waals surface area contributed by atoms with E-state index in [1.54, 1.807) is 12.2 Å². The molecule has 0 aliphatic carbocycles. The van der Waals surface area contributed by atoms with Gasteiger partial charge in [0.2, 0.25) is 0 Å². The van der Waals surface area contributed by atoms with Crippen LogP contribution in [-0.4, -0.2) is 60.4 Å². The summed E-state index contributed by atoms with van der Waals surface area (Å²) >= 11 is 11.4. The Labute approximate surface area is 178 Å². The first-order valence-electron chi connectivity index (χ1n) is 7.26. The van der Waals surface area contributed by atoms with Crippen molar-refractivity contribution >= 4 is 72.9 Å². The summed E-state index contributed by atoms with van der Waals surface area (Å²) in [6, 6.07) is 0. The summed E-state index contributed by atoms with van der Waals surface area (Å²) in [6.45, 7) is 7.03. The van der Waals surface area contributed by atoms with Crippen molar-refractivity contribution in [3.8, 4) is 0 Å². The molecule has 23 heavy (non-hydrogen) atoms. The van der Waals surface area contributed by atoms with Crippen LogP contribution in [-0.2, 0) is 9.59 Å². The molecule has 4 nitrogen and oxygen atoms in total. The minimum absolute atomic E-state index is 0. The predicted molar refractivity (Wildman–Crippen MR) is 92.4 cm³/mol. The van der Waals surface area contributed by atoms with Gasteiger partial charge in [-0.05, 0) is 38.5 Å². The zero-order valence-electron chi connectivity index (χ0n) is 13.5. The summed E-state index contributed by atoms with van der Waals surface area (Å²) in [7, 11) is 0. The number of unbranched alkanes of at least 4 members (excludes halogenated alkanes) is 2. The number of allylic oxidation sites excluding steroid dienone is 2. The molecule has 128 valence electrons. The van der Waals surface area contributed by atoms with Crippen LogP contribution in [0, 0.1) is 0 Å². The first kappa shape index (κ1) is 28.1. The Morgan fingerprint density at radius 3 is 1.35 bits per heavy atom. The van der Waals surface area contributed by atoms with Crippen LogP contribution in [0.3, 0.4) is 0 Å². The molecule has 0 saturated heterocycles. The Bertz CT molecular complexity index is 306. The van der Waals surface area contributed by atoms with E-state index in [1.807, 2.05) is 0 Å². The van der Waals surface area contributed by atoms with Gasteiger partial charge in [-0.25, -0.2) is 0 Å². The fourth-order valence-electron chi connectivity index (χ4n) is 1.45. The molecule has 0 rings (SSSR count). The number of aliphatic carboxylic acids is 2. The second kappa shape index (κ2) is 20.3. The maximum Gasteiger partial charge on any atom is 2.00 e. The second-order valence-corrected chi connectivity index (χ2v) is 5.86. The standard InChI is InChI=1S/2C8H13ClO2.Ca/c2*1-2-7(9)5-3-4-6-8(10)11;/h2*2,7H,1,3-6H2,(H,10,11);/q;;+2/p-2. The number of hydrogen-bond donors (Lipinski definition) is 0. The summed E-state index contributed by atoms with van der Waals surface area (Å²) in [5.74, 6) is -1.98. The molecular formula is C16H24CaCl2O4. The van der Waals surface area contributed by atoms with Crippen LogP contribution in [0.1, 0.15) is 51.4 Å². The topological polar surface area (TPSA) is 80.3 Å². The van der Waals surface area contributed by atoms with Crippen LogP contribution in [0.4, 0.5) is 0 Å². The SMILES string of the molecule is C=CC(Cl)CCCCC(=O)[O-].C=CC(Cl)CCCCC(=O)[O-].[Ca+2]. The summed E-state index contributed by atoms with van der Waals surface area (Å²) in [6.07, 6.45) is 8.04. The van der Waals surface area contributed by atoms with Gasteiger partial charge in [0, 0.05) is 11.9 Å². The van der Waals surface area contributed by atoms with Gasteiger partial charge in [0.25, 0.3) is 0 Å². The van der Waals surface area contributed by atoms with Gasteiger partial charge in [0.15, 0.2) is 0 Å². The quantitative estimate of drug-likeness (QED) is 0.220. The van der Waals surface area contributed by atoms with Gasteiger partial charge < -0.3 is 19.8 Å². The van der Waals surface area contributed by atoms with E-state index in [2.05, 4.69) is 13.2 Å². The summed E-state index contributed by atoms with van der Waals surface area (Å²) in [5, 5.41) is 19.8. The molecule has 0 bridgehead atoms. The van der Waals surface area contributed by atoms with Gasteiger partial charge in [0.1, 0.15) is 0 Å². The molecule has 0 saturated carbocycles. The largest absolute Gasteiger partial charge is 2.00 e. The number of halogens is 2. The van der Waals surface area contributed by atoms with Crippen LogP contribution in [0.5, 0.6) is 0 Å². The molecule has 2 unspecified atom stereocenters. The Balaban J connectivity index is -0.000000333. The third-order valence-corrected chi connectivity index (χ3v) is 3.53. The van der Waals surface area contributed by atoms with Gasteiger partial charge >= 0.3 is 37.7 Å². The summed E-state index contributed by atoms with van der Waals surface area (Å²) < 4.78 is 0. The fourth-order valence-corrected chi connectivity index (χ4v) is 1.76. The normalized spacial score (nSPS) is 11.9. The molecule has 0 aromatic carbocycles. The van der Waals surface area contributed by atoms with Crippen LogP contribution in [0.2, 0.25) is 0 Å². The van der Waals surface area contributed by atoms with Gasteiger partial charge in [-0.1, -0.05) is 25.0 Å². The van der Waals surface area contributed by atoms with E-state index >= 15 is 0 Å². The molecule has 0 heterocycles. The first-order valence-corrected chi connectivity index (χ1v) is 8.13. The monoisotopic (exact) mass is 390 g/mol. The molecule has 0 spiro atoms. The van der Waals surface area contributed by atoms with Crippen molar-refractivity contribution in [2.75, 3.05) is 0 Å². The first-order chi connectivity index (χ1) is 10.3. The molecule has 0 aliphatic heterocycles. The van der Waals surface area contributed by atoms with E-state index in [0.717, 1.165) is 25.7 Å². The molecule has 0 N–H and O–H groups in total. The second-order valence-electron chi connectivity index (χ2n) is 4.74. The molecule has 0 fully saturated rings. The Hall–Kier alpha value is 0.260. The number of alkyl halides is 2. The number of carbonyl (C=O) groups excluding carboxylic acids is 2. The van der Waals surface area contributed by atoms with Crippen LogP contribution in [0.15, 0.2) is 25.3 Å². The molecular weight excluding hydrogens is 367 g/mol. The average molecular weight is 391 g/mol. The maximum absolute atomic E-state index is 9.95. The summed E-state index contributed by atoms with van der Waals surface area (Å²) in [5.41, 5.74) is 0. The van der Waals surface area contributed by atoms with Gasteiger partial charge in [-0.3, -0.25) is 0 Å². The van der Waals surface area contributed by atoms with Crippen molar-refractivity contribution in [1.82, 2.24) is 0 Å². The van der Waals surface area contributed by atoms with Gasteiger partial charge in [-0.2, -0.15) is 0 Å². The zero-order valence-corrected chi connectivity index (χ0v) is 17.2. The van der Waals surface area contributed by atoms with E-state index in [4.69, 9.17) is 23.2 Å². The van der Waals surface area contributed by atoms with Crippen molar-refractivity contribution in [3.05, 3.63) is 25.3 Å². The van der Waals surface area contributed by atoms with Crippen LogP contribution < -0.4 is 10.2 Å². The van der Waals surface area contributed by atoms with E-state index < -0.39 is 11.9 Å². The van der Waals surface area contributed by atoms with Gasteiger partial charge in [-0.15, -0.1) is 36.4 Å². The van der Waals surface area contributed by atoms with E-state index in [1.165, 1.54) is 0 Å². The van der Waals surface area contributed by atoms with Crippen molar-refractivity contribution < 1.29 is 19.8 Å². The molecule has 0 aliphatic rings. The summed E-state index contributed by atoms with van der Waals surface area (Å²) in [4.78, 5) is 19.9. The average Bonchev–Trinajstić information content (AvgIpc) is 2.47. The van der Waals surface area contributed by atoms with Crippen molar-refractivity contribution in [1.29, 1.82) is 0 Å². The van der Waals surface area contributed by atoms with Gasteiger partial charge in [0.05, 0.1) is 10.8 Å². The smallest absolute Gasteiger partial charge is 0.550 e. The minimum atomic E-state index is -0.991. The molecule has 7 heteroatoms. The fraction of sp³-hybridized carbons (Fsp3) is 0.625. The number of carboxylic acids is 2. The van der Waals surface area contributed by atoms with Crippen LogP contribution in [0.25, 0.3) is 0 Å². The Morgan fingerprint density at radius 1 is 0.826 bits per heavy atom. The van der Waals surface area contributed by atoms with Crippen LogP contribution >= 0.6 is 23.2 Å². The molecule has 0 aromatic rings. The third kappa shape index (κ3) is 27.4. The number of rotatable bonds is 12. The molecule has 0 aromatic heterocycles. The van der Waals surface area contributed by atoms with E-state index in [9.17, 15) is 19.8 Å². The van der Waals surface area contributed by atoms with E-state index in [-0.39, 0.29) is 61.3 Å². The predicted octanol–water partition coefficient (Wildman–Crippen LogP) is 1.80. The number of carboxylic acid groups (broad SMARTS) is 2. The van der Waals surface area contributed by atoms with Crippen molar-refractivity contribution in [3.63, 3.8) is 0 Å².